The molecular weight excluding hydrogens is 238 g/mol. The number of hydrogen-bond acceptors (Lipinski definition) is 3. The van der Waals surface area contributed by atoms with Gasteiger partial charge in [-0.15, -0.1) is 0 Å². The fourth-order valence-electron chi connectivity index (χ4n) is 2.33. The molecule has 104 valence electrons. The second kappa shape index (κ2) is 7.24. The van der Waals surface area contributed by atoms with Crippen LogP contribution in [-0.2, 0) is 11.3 Å². The summed E-state index contributed by atoms with van der Waals surface area (Å²) < 4.78 is 0. The van der Waals surface area contributed by atoms with Crippen molar-refractivity contribution in [1.29, 1.82) is 0 Å². The van der Waals surface area contributed by atoms with Gasteiger partial charge in [-0.3, -0.25) is 9.78 Å². The van der Waals surface area contributed by atoms with E-state index >= 15 is 0 Å². The minimum absolute atomic E-state index is 0.278. The van der Waals surface area contributed by atoms with Gasteiger partial charge in [0.1, 0.15) is 0 Å². The average Bonchev–Trinajstić information content (AvgIpc) is 2.45. The molecule has 19 heavy (non-hydrogen) atoms. The topological polar surface area (TPSA) is 45.2 Å². The van der Waals surface area contributed by atoms with Crippen molar-refractivity contribution in [3.05, 3.63) is 30.1 Å². The van der Waals surface area contributed by atoms with E-state index in [1.165, 1.54) is 0 Å². The van der Waals surface area contributed by atoms with Gasteiger partial charge in [-0.2, -0.15) is 0 Å². The number of piperidine rings is 1. The zero-order valence-electron chi connectivity index (χ0n) is 11.6. The molecule has 4 nitrogen and oxygen atoms in total. The number of hydrogen-bond donors (Lipinski definition) is 1. The highest BCUT2D eigenvalue weighted by Crippen LogP contribution is 2.16. The molecule has 0 saturated carbocycles. The van der Waals surface area contributed by atoms with Crippen molar-refractivity contribution in [3.63, 3.8) is 0 Å². The molecule has 1 fully saturated rings. The number of carbonyl (C=O) groups is 1. The fraction of sp³-hybridized carbons (Fsp3) is 0.600. The first-order valence-electron chi connectivity index (χ1n) is 7.14. The van der Waals surface area contributed by atoms with Crippen LogP contribution in [0, 0.1) is 5.92 Å². The normalized spacial score (nSPS) is 16.6. The fourth-order valence-corrected chi connectivity index (χ4v) is 2.33. The lowest BCUT2D eigenvalue weighted by Gasteiger charge is -2.30. The quantitative estimate of drug-likeness (QED) is 0.822. The Balaban J connectivity index is 1.61. The Hall–Kier alpha value is -1.42. The van der Waals surface area contributed by atoms with Gasteiger partial charge in [0.05, 0.1) is 5.69 Å². The molecular formula is C15H23N3O. The number of nitrogens with zero attached hydrogens (tertiary/aromatic N) is 2. The molecule has 0 atom stereocenters. The van der Waals surface area contributed by atoms with E-state index in [0.717, 1.165) is 50.6 Å². The Morgan fingerprint density at radius 1 is 1.42 bits per heavy atom. The van der Waals surface area contributed by atoms with Gasteiger partial charge in [0, 0.05) is 38.8 Å². The summed E-state index contributed by atoms with van der Waals surface area (Å²) in [6.07, 6.45) is 4.67. The molecule has 4 heteroatoms. The molecule has 1 aromatic rings. The number of aromatic nitrogens is 1. The van der Waals surface area contributed by atoms with E-state index in [-0.39, 0.29) is 5.91 Å². The molecule has 2 heterocycles. The van der Waals surface area contributed by atoms with Crippen LogP contribution in [0.15, 0.2) is 24.4 Å². The molecule has 0 unspecified atom stereocenters. The Morgan fingerprint density at radius 3 is 2.89 bits per heavy atom. The highest BCUT2D eigenvalue weighted by Gasteiger charge is 2.19. The van der Waals surface area contributed by atoms with Crippen LogP contribution in [0.4, 0.5) is 0 Å². The minimum Gasteiger partial charge on any atom is -0.343 e. The van der Waals surface area contributed by atoms with Crippen molar-refractivity contribution in [3.8, 4) is 0 Å². The van der Waals surface area contributed by atoms with Crippen molar-refractivity contribution in [1.82, 2.24) is 15.2 Å². The predicted octanol–water partition coefficient (Wildman–Crippen LogP) is 1.82. The van der Waals surface area contributed by atoms with E-state index in [2.05, 4.69) is 17.2 Å². The van der Waals surface area contributed by atoms with Crippen LogP contribution in [0.25, 0.3) is 0 Å². The summed E-state index contributed by atoms with van der Waals surface area (Å²) in [5, 5.41) is 3.27. The second-order valence-electron chi connectivity index (χ2n) is 5.31. The molecule has 1 aromatic heterocycles. The predicted molar refractivity (Wildman–Crippen MR) is 75.5 cm³/mol. The summed E-state index contributed by atoms with van der Waals surface area (Å²) in [4.78, 5) is 18.2. The smallest absolute Gasteiger partial charge is 0.223 e. The SMILES string of the molecule is CC1CCN(C(=O)CCNCc2ccccn2)CC1. The van der Waals surface area contributed by atoms with Crippen LogP contribution in [0.1, 0.15) is 31.9 Å². The maximum Gasteiger partial charge on any atom is 0.223 e. The Kier molecular flexibility index (Phi) is 5.33. The number of rotatable bonds is 5. The monoisotopic (exact) mass is 261 g/mol. The zero-order valence-corrected chi connectivity index (χ0v) is 11.6. The minimum atomic E-state index is 0.278. The van der Waals surface area contributed by atoms with Crippen molar-refractivity contribution < 1.29 is 4.79 Å². The maximum absolute atomic E-state index is 12.0. The van der Waals surface area contributed by atoms with Crippen LogP contribution in [-0.4, -0.2) is 35.4 Å². The lowest BCUT2D eigenvalue weighted by molar-refractivity contribution is -0.132. The molecule has 0 aromatic carbocycles. The van der Waals surface area contributed by atoms with E-state index in [1.54, 1.807) is 6.20 Å². The van der Waals surface area contributed by atoms with Crippen molar-refractivity contribution >= 4 is 5.91 Å². The van der Waals surface area contributed by atoms with Crippen LogP contribution in [0.3, 0.4) is 0 Å². The van der Waals surface area contributed by atoms with E-state index < -0.39 is 0 Å². The van der Waals surface area contributed by atoms with Gasteiger partial charge in [0.15, 0.2) is 0 Å². The van der Waals surface area contributed by atoms with Crippen LogP contribution in [0.2, 0.25) is 0 Å². The van der Waals surface area contributed by atoms with Gasteiger partial charge < -0.3 is 10.2 Å². The summed E-state index contributed by atoms with van der Waals surface area (Å²) in [5.74, 6) is 1.05. The molecule has 0 bridgehead atoms. The van der Waals surface area contributed by atoms with E-state index in [0.29, 0.717) is 6.42 Å². The van der Waals surface area contributed by atoms with Gasteiger partial charge in [-0.05, 0) is 30.9 Å². The first kappa shape index (κ1) is 14.0. The van der Waals surface area contributed by atoms with Crippen LogP contribution >= 0.6 is 0 Å². The van der Waals surface area contributed by atoms with Crippen molar-refractivity contribution in [2.24, 2.45) is 5.92 Å². The standard InChI is InChI=1S/C15H23N3O/c1-13-6-10-18(11-7-13)15(19)5-9-16-12-14-4-2-3-8-17-14/h2-4,8,13,16H,5-7,9-12H2,1H3. The average molecular weight is 261 g/mol. The number of amides is 1. The van der Waals surface area contributed by atoms with Gasteiger partial charge in [-0.25, -0.2) is 0 Å². The number of likely N-dealkylation sites (tertiary alicyclic amines) is 1. The molecule has 1 aliphatic heterocycles. The Labute approximate surface area is 115 Å². The molecule has 0 spiro atoms. The number of nitrogens with one attached hydrogen (secondary N) is 1. The van der Waals surface area contributed by atoms with Crippen molar-refractivity contribution in [2.45, 2.75) is 32.7 Å². The summed E-state index contributed by atoms with van der Waals surface area (Å²) in [6, 6.07) is 5.87. The van der Waals surface area contributed by atoms with Crippen LogP contribution < -0.4 is 5.32 Å². The van der Waals surface area contributed by atoms with E-state index in [4.69, 9.17) is 0 Å². The largest absolute Gasteiger partial charge is 0.343 e. The highest BCUT2D eigenvalue weighted by atomic mass is 16.2. The molecule has 0 radical (unpaired) electrons. The lowest BCUT2D eigenvalue weighted by atomic mass is 9.99. The van der Waals surface area contributed by atoms with Gasteiger partial charge >= 0.3 is 0 Å². The summed E-state index contributed by atoms with van der Waals surface area (Å²) >= 11 is 0. The summed E-state index contributed by atoms with van der Waals surface area (Å²) in [6.45, 7) is 5.57. The number of carbonyl (C=O) groups excluding carboxylic acids is 1. The first-order valence-corrected chi connectivity index (χ1v) is 7.14. The molecule has 1 N–H and O–H groups in total. The third-order valence-corrected chi connectivity index (χ3v) is 3.68. The molecule has 0 aliphatic carbocycles. The Bertz CT molecular complexity index is 386. The molecule has 2 rings (SSSR count). The zero-order chi connectivity index (χ0) is 13.5. The summed E-state index contributed by atoms with van der Waals surface area (Å²) in [5.41, 5.74) is 1.02. The maximum atomic E-state index is 12.0. The third-order valence-electron chi connectivity index (χ3n) is 3.68. The third kappa shape index (κ3) is 4.63. The first-order chi connectivity index (χ1) is 9.25. The number of pyridine rings is 1. The highest BCUT2D eigenvalue weighted by molar-refractivity contribution is 5.76. The second-order valence-corrected chi connectivity index (χ2v) is 5.31. The van der Waals surface area contributed by atoms with E-state index in [1.807, 2.05) is 23.1 Å². The lowest BCUT2D eigenvalue weighted by Crippen LogP contribution is -2.39. The van der Waals surface area contributed by atoms with E-state index in [9.17, 15) is 4.79 Å². The summed E-state index contributed by atoms with van der Waals surface area (Å²) in [7, 11) is 0. The van der Waals surface area contributed by atoms with Gasteiger partial charge in [0.25, 0.3) is 0 Å². The molecule has 1 saturated heterocycles. The Morgan fingerprint density at radius 2 is 2.21 bits per heavy atom. The molecule has 1 amide bonds. The van der Waals surface area contributed by atoms with Gasteiger partial charge in [0.2, 0.25) is 5.91 Å². The van der Waals surface area contributed by atoms with Crippen molar-refractivity contribution in [2.75, 3.05) is 19.6 Å². The van der Waals surface area contributed by atoms with Crippen LogP contribution in [0.5, 0.6) is 0 Å². The molecule has 1 aliphatic rings. The van der Waals surface area contributed by atoms with Gasteiger partial charge in [-0.1, -0.05) is 13.0 Å².